The molecule has 0 radical (unpaired) electrons. The summed E-state index contributed by atoms with van der Waals surface area (Å²) in [5.74, 6) is 0. The molecule has 0 aliphatic carbocycles. The summed E-state index contributed by atoms with van der Waals surface area (Å²) in [5, 5.41) is 8.88. The van der Waals surface area contributed by atoms with E-state index in [0.717, 1.165) is 72.6 Å². The first-order valence-corrected chi connectivity index (χ1v) is 18.5. The van der Waals surface area contributed by atoms with Crippen LogP contribution in [-0.2, 0) is 0 Å². The molecule has 10 rings (SSSR count). The van der Waals surface area contributed by atoms with E-state index in [1.807, 2.05) is 48.8 Å². The van der Waals surface area contributed by atoms with Gasteiger partial charge < -0.3 is 0 Å². The van der Waals surface area contributed by atoms with Crippen molar-refractivity contribution in [2.45, 2.75) is 0 Å². The minimum absolute atomic E-state index is 0.934. The smallest absolute Gasteiger partial charge is 0.101 e. The second kappa shape index (κ2) is 13.8. The summed E-state index contributed by atoms with van der Waals surface area (Å²) >= 11 is 0. The lowest BCUT2D eigenvalue weighted by Crippen LogP contribution is -1.97. The minimum Gasteiger partial charge on any atom is -0.256 e. The predicted molar refractivity (Wildman–Crippen MR) is 227 cm³/mol. The largest absolute Gasteiger partial charge is 0.256 e. The molecule has 0 atom stereocenters. The number of aromatic nitrogens is 4. The van der Waals surface area contributed by atoms with Gasteiger partial charge in [-0.15, -0.1) is 0 Å². The second-order valence-corrected chi connectivity index (χ2v) is 13.7. The van der Waals surface area contributed by atoms with E-state index < -0.39 is 0 Å². The minimum atomic E-state index is 0.934. The Morgan fingerprint density at radius 3 is 1.47 bits per heavy atom. The summed E-state index contributed by atoms with van der Waals surface area (Å²) in [6.07, 6.45) is 3.67. The summed E-state index contributed by atoms with van der Waals surface area (Å²) in [5.41, 5.74) is 15.0. The third-order valence-corrected chi connectivity index (χ3v) is 10.3. The summed E-state index contributed by atoms with van der Waals surface area (Å²) < 4.78 is 2.13. The molecule has 258 valence electrons. The molecule has 7 aromatic carbocycles. The van der Waals surface area contributed by atoms with Crippen LogP contribution in [0, 0.1) is 0 Å². The number of hydrogen-bond donors (Lipinski definition) is 0. The van der Waals surface area contributed by atoms with E-state index in [1.165, 1.54) is 21.9 Å². The van der Waals surface area contributed by atoms with Crippen LogP contribution in [-0.4, -0.2) is 19.7 Å². The van der Waals surface area contributed by atoms with Gasteiger partial charge in [0.25, 0.3) is 0 Å². The lowest BCUT2D eigenvalue weighted by molar-refractivity contribution is 0.918. The molecule has 0 saturated heterocycles. The quantitative estimate of drug-likeness (QED) is 0.166. The van der Waals surface area contributed by atoms with E-state index in [-0.39, 0.29) is 0 Å². The Hall–Kier alpha value is -7.43. The maximum Gasteiger partial charge on any atom is 0.101 e. The van der Waals surface area contributed by atoms with Crippen molar-refractivity contribution in [2.24, 2.45) is 0 Å². The van der Waals surface area contributed by atoms with Crippen LogP contribution in [0.4, 0.5) is 0 Å². The van der Waals surface area contributed by atoms with E-state index in [9.17, 15) is 0 Å². The molecule has 4 nitrogen and oxygen atoms in total. The van der Waals surface area contributed by atoms with Crippen LogP contribution < -0.4 is 0 Å². The molecule has 10 aromatic rings. The molecule has 0 N–H and O–H groups in total. The molecule has 3 heterocycles. The number of benzene rings is 7. The molecule has 0 amide bonds. The van der Waals surface area contributed by atoms with Gasteiger partial charge in [0.15, 0.2) is 0 Å². The van der Waals surface area contributed by atoms with Gasteiger partial charge in [-0.3, -0.25) is 9.97 Å². The zero-order valence-electron chi connectivity index (χ0n) is 29.9. The van der Waals surface area contributed by atoms with Gasteiger partial charge in [0.1, 0.15) is 5.69 Å². The van der Waals surface area contributed by atoms with Crippen LogP contribution in [0.3, 0.4) is 0 Å². The molecule has 0 aliphatic rings. The summed E-state index contributed by atoms with van der Waals surface area (Å²) in [7, 11) is 0. The van der Waals surface area contributed by atoms with Gasteiger partial charge in [0.2, 0.25) is 0 Å². The number of fused-ring (bicyclic) bond motifs is 3. The maximum absolute atomic E-state index is 5.38. The SMILES string of the molecule is c1ccc(-c2cc3ccccc3c3c2c(-c2ccccc2)nn3-c2ccc(-c3ccc(-c4cc(-c5ccccn5)cc(-c5ccccn5)c4)cc3)cc2)cc1. The van der Waals surface area contributed by atoms with Crippen LogP contribution in [0.2, 0.25) is 0 Å². The van der Waals surface area contributed by atoms with Gasteiger partial charge in [0, 0.05) is 39.9 Å². The van der Waals surface area contributed by atoms with Crippen LogP contribution in [0.5, 0.6) is 0 Å². The number of rotatable bonds is 7. The highest BCUT2D eigenvalue weighted by Gasteiger charge is 2.21. The first kappa shape index (κ1) is 32.2. The molecular formula is C51H34N4. The Labute approximate surface area is 319 Å². The van der Waals surface area contributed by atoms with Crippen molar-refractivity contribution in [3.63, 3.8) is 0 Å². The van der Waals surface area contributed by atoms with E-state index in [4.69, 9.17) is 5.10 Å². The molecule has 55 heavy (non-hydrogen) atoms. The Balaban J connectivity index is 1.05. The molecule has 0 spiro atoms. The number of pyridine rings is 2. The van der Waals surface area contributed by atoms with Gasteiger partial charge in [-0.1, -0.05) is 133 Å². The Morgan fingerprint density at radius 2 is 0.873 bits per heavy atom. The highest BCUT2D eigenvalue weighted by atomic mass is 15.3. The van der Waals surface area contributed by atoms with Crippen molar-refractivity contribution < 1.29 is 0 Å². The fourth-order valence-corrected chi connectivity index (χ4v) is 7.63. The van der Waals surface area contributed by atoms with Crippen LogP contribution in [0.1, 0.15) is 0 Å². The van der Waals surface area contributed by atoms with E-state index >= 15 is 0 Å². The molecule has 0 bridgehead atoms. The van der Waals surface area contributed by atoms with E-state index in [0.29, 0.717) is 0 Å². The molecule has 0 unspecified atom stereocenters. The summed E-state index contributed by atoms with van der Waals surface area (Å²) in [4.78, 5) is 9.28. The van der Waals surface area contributed by atoms with Crippen molar-refractivity contribution >= 4 is 21.7 Å². The molecule has 4 heteroatoms. The third-order valence-electron chi connectivity index (χ3n) is 10.3. The molecule has 3 aromatic heterocycles. The number of hydrogen-bond acceptors (Lipinski definition) is 3. The molecule has 0 aliphatic heterocycles. The molecular weight excluding hydrogens is 669 g/mol. The first-order chi connectivity index (χ1) is 27.3. The average Bonchev–Trinajstić information content (AvgIpc) is 3.68. The van der Waals surface area contributed by atoms with Crippen molar-refractivity contribution in [1.82, 2.24) is 19.7 Å². The van der Waals surface area contributed by atoms with Crippen LogP contribution in [0.15, 0.2) is 207 Å². The zero-order chi connectivity index (χ0) is 36.6. The molecule has 0 fully saturated rings. The van der Waals surface area contributed by atoms with Gasteiger partial charge in [-0.2, -0.15) is 5.10 Å². The standard InChI is InChI=1S/C51H34N4/c1-3-13-38(14-4-1)46-34-40-17-7-8-18-45(40)51-49(46)50(39-15-5-2-6-16-39)54-55(51)44-27-25-36(26-28-44)35-21-23-37(24-22-35)41-31-42(47-19-9-11-29-52-47)33-43(32-41)48-20-10-12-30-53-48/h1-34H. The fourth-order valence-electron chi connectivity index (χ4n) is 7.63. The lowest BCUT2D eigenvalue weighted by Gasteiger charge is -2.12. The van der Waals surface area contributed by atoms with Crippen LogP contribution in [0.25, 0.3) is 94.5 Å². The predicted octanol–water partition coefficient (Wildman–Crippen LogP) is 13.0. The fraction of sp³-hybridized carbons (Fsp3) is 0. The lowest BCUT2D eigenvalue weighted by atomic mass is 9.94. The third kappa shape index (κ3) is 6.06. The van der Waals surface area contributed by atoms with Gasteiger partial charge in [-0.25, -0.2) is 4.68 Å². The topological polar surface area (TPSA) is 43.6 Å². The van der Waals surface area contributed by atoms with Gasteiger partial charge >= 0.3 is 0 Å². The number of nitrogens with zero attached hydrogens (tertiary/aromatic N) is 4. The van der Waals surface area contributed by atoms with Crippen LogP contribution >= 0.6 is 0 Å². The van der Waals surface area contributed by atoms with Crippen molar-refractivity contribution in [3.05, 3.63) is 207 Å². The van der Waals surface area contributed by atoms with Crippen molar-refractivity contribution in [2.75, 3.05) is 0 Å². The van der Waals surface area contributed by atoms with Crippen molar-refractivity contribution in [1.29, 1.82) is 0 Å². The Morgan fingerprint density at radius 1 is 0.364 bits per heavy atom. The first-order valence-electron chi connectivity index (χ1n) is 18.5. The Kier molecular flexibility index (Phi) is 8.12. The van der Waals surface area contributed by atoms with E-state index in [1.54, 1.807) is 0 Å². The summed E-state index contributed by atoms with van der Waals surface area (Å²) in [6, 6.07) is 68.3. The second-order valence-electron chi connectivity index (χ2n) is 13.7. The van der Waals surface area contributed by atoms with Crippen molar-refractivity contribution in [3.8, 4) is 72.8 Å². The summed E-state index contributed by atoms with van der Waals surface area (Å²) in [6.45, 7) is 0. The van der Waals surface area contributed by atoms with Gasteiger partial charge in [0.05, 0.1) is 22.6 Å². The average molecular weight is 703 g/mol. The zero-order valence-corrected chi connectivity index (χ0v) is 29.9. The Bertz CT molecular complexity index is 2860. The molecule has 0 saturated carbocycles. The van der Waals surface area contributed by atoms with Gasteiger partial charge in [-0.05, 0) is 99.4 Å². The highest BCUT2D eigenvalue weighted by Crippen LogP contribution is 2.42. The monoisotopic (exact) mass is 702 g/mol. The van der Waals surface area contributed by atoms with E-state index in [2.05, 4.69) is 172 Å². The normalized spacial score (nSPS) is 11.3. The maximum atomic E-state index is 5.38. The highest BCUT2D eigenvalue weighted by molar-refractivity contribution is 6.17.